The lowest BCUT2D eigenvalue weighted by Gasteiger charge is -2.37. The smallest absolute Gasteiger partial charge is 0.338 e. The second-order valence-electron chi connectivity index (χ2n) is 9.86. The third-order valence-electron chi connectivity index (χ3n) is 8.15. The van der Waals surface area contributed by atoms with Gasteiger partial charge < -0.3 is 18.9 Å². The molecule has 0 heterocycles. The van der Waals surface area contributed by atoms with Crippen LogP contribution in [0.2, 0.25) is 0 Å². The predicted octanol–water partition coefficient (Wildman–Crippen LogP) is 5.06. The van der Waals surface area contributed by atoms with E-state index >= 15 is 0 Å². The topological polar surface area (TPSA) is 71.1 Å². The normalized spacial score (nSPS) is 27.2. The molecule has 3 aliphatic rings. The minimum absolute atomic E-state index is 0.0984. The summed E-state index contributed by atoms with van der Waals surface area (Å²) in [4.78, 5) is 26.4. The lowest BCUT2D eigenvalue weighted by molar-refractivity contribution is -0.0698. The van der Waals surface area contributed by atoms with E-state index in [0.717, 1.165) is 12.8 Å². The van der Waals surface area contributed by atoms with Gasteiger partial charge in [-0.15, -0.1) is 0 Å². The number of fused-ring (bicyclic) bond motifs is 7. The lowest BCUT2D eigenvalue weighted by atomic mass is 9.76. The van der Waals surface area contributed by atoms with Crippen LogP contribution in [0, 0.1) is 17.8 Å². The summed E-state index contributed by atoms with van der Waals surface area (Å²) < 4.78 is 22.8. The number of esters is 2. The fourth-order valence-electron chi connectivity index (χ4n) is 6.65. The monoisotopic (exact) mass is 484 g/mol. The zero-order valence-electron chi connectivity index (χ0n) is 20.3. The van der Waals surface area contributed by atoms with E-state index in [9.17, 15) is 9.59 Å². The SMILES string of the molecule is COc1cccc(C(=O)O[C@@H]2C3CC(C4c5ccccc5CC43)[C@@H]2OC(=O)c2cccc(OC)c2)c1. The number of ether oxygens (including phenoxy) is 4. The second kappa shape index (κ2) is 9.01. The maximum atomic E-state index is 13.2. The van der Waals surface area contributed by atoms with Crippen molar-refractivity contribution in [2.75, 3.05) is 14.2 Å². The zero-order chi connectivity index (χ0) is 24.8. The van der Waals surface area contributed by atoms with Gasteiger partial charge in [-0.25, -0.2) is 9.59 Å². The van der Waals surface area contributed by atoms with E-state index in [1.165, 1.54) is 11.1 Å². The zero-order valence-corrected chi connectivity index (χ0v) is 20.3. The van der Waals surface area contributed by atoms with Crippen LogP contribution in [-0.2, 0) is 15.9 Å². The van der Waals surface area contributed by atoms with Gasteiger partial charge in [0.2, 0.25) is 0 Å². The third-order valence-corrected chi connectivity index (χ3v) is 8.15. The Morgan fingerprint density at radius 1 is 0.694 bits per heavy atom. The van der Waals surface area contributed by atoms with Crippen LogP contribution in [0.5, 0.6) is 11.5 Å². The van der Waals surface area contributed by atoms with Crippen molar-refractivity contribution in [1.29, 1.82) is 0 Å². The van der Waals surface area contributed by atoms with Gasteiger partial charge in [0.15, 0.2) is 0 Å². The highest BCUT2D eigenvalue weighted by Crippen LogP contribution is 2.62. The van der Waals surface area contributed by atoms with Crippen molar-refractivity contribution in [3.63, 3.8) is 0 Å². The molecule has 0 spiro atoms. The molecule has 184 valence electrons. The highest BCUT2D eigenvalue weighted by Gasteiger charge is 2.63. The molecule has 0 saturated heterocycles. The molecule has 0 amide bonds. The number of hydrogen-bond acceptors (Lipinski definition) is 6. The first-order valence-corrected chi connectivity index (χ1v) is 12.3. The molecule has 0 N–H and O–H groups in total. The van der Waals surface area contributed by atoms with Gasteiger partial charge in [0.1, 0.15) is 23.7 Å². The largest absolute Gasteiger partial charge is 0.497 e. The molecule has 0 aromatic heterocycles. The summed E-state index contributed by atoms with van der Waals surface area (Å²) in [5.41, 5.74) is 3.52. The molecule has 6 heteroatoms. The van der Waals surface area contributed by atoms with Crippen LogP contribution in [0.1, 0.15) is 44.2 Å². The molecule has 2 bridgehead atoms. The number of rotatable bonds is 6. The molecule has 3 aliphatic carbocycles. The molecule has 3 aromatic carbocycles. The molecule has 2 saturated carbocycles. The van der Waals surface area contributed by atoms with Crippen molar-refractivity contribution in [3.05, 3.63) is 95.1 Å². The van der Waals surface area contributed by atoms with E-state index in [4.69, 9.17) is 18.9 Å². The van der Waals surface area contributed by atoms with Crippen molar-refractivity contribution in [2.45, 2.75) is 31.0 Å². The predicted molar refractivity (Wildman–Crippen MR) is 132 cm³/mol. The number of methoxy groups -OCH3 is 2. The van der Waals surface area contributed by atoms with Crippen LogP contribution in [0.15, 0.2) is 72.8 Å². The molecule has 6 rings (SSSR count). The third kappa shape index (κ3) is 3.72. The summed E-state index contributed by atoms with van der Waals surface area (Å²) >= 11 is 0. The van der Waals surface area contributed by atoms with E-state index in [1.54, 1.807) is 62.8 Å². The summed E-state index contributed by atoms with van der Waals surface area (Å²) in [5.74, 6) is 1.22. The van der Waals surface area contributed by atoms with Crippen molar-refractivity contribution < 1.29 is 28.5 Å². The first-order chi connectivity index (χ1) is 17.6. The van der Waals surface area contributed by atoms with Gasteiger partial charge >= 0.3 is 11.9 Å². The molecule has 2 fully saturated rings. The van der Waals surface area contributed by atoms with E-state index in [2.05, 4.69) is 24.3 Å². The Labute approximate surface area is 210 Å². The van der Waals surface area contributed by atoms with Gasteiger partial charge in [0.05, 0.1) is 25.3 Å². The highest BCUT2D eigenvalue weighted by molar-refractivity contribution is 5.91. The fourth-order valence-corrected chi connectivity index (χ4v) is 6.65. The Hall–Kier alpha value is -3.80. The minimum atomic E-state index is -0.518. The van der Waals surface area contributed by atoms with Crippen molar-refractivity contribution in [1.82, 2.24) is 0 Å². The molecule has 6 nitrogen and oxygen atoms in total. The van der Waals surface area contributed by atoms with Crippen LogP contribution in [0.3, 0.4) is 0 Å². The summed E-state index contributed by atoms with van der Waals surface area (Å²) in [6.07, 6.45) is 0.816. The van der Waals surface area contributed by atoms with Gasteiger partial charge in [0.25, 0.3) is 0 Å². The summed E-state index contributed by atoms with van der Waals surface area (Å²) in [6, 6.07) is 22.4. The first kappa shape index (κ1) is 22.7. The Morgan fingerprint density at radius 3 is 1.89 bits per heavy atom. The first-order valence-electron chi connectivity index (χ1n) is 12.3. The maximum Gasteiger partial charge on any atom is 0.338 e. The van der Waals surface area contributed by atoms with Gasteiger partial charge in [-0.3, -0.25) is 0 Å². The van der Waals surface area contributed by atoms with E-state index < -0.39 is 24.1 Å². The standard InChI is InChI=1S/C30H28O6/c1-33-20-10-5-8-18(13-20)29(31)35-27-24-16-25(26-22-12-4-3-7-17(22)15-23(24)26)28(27)36-30(32)19-9-6-11-21(14-19)34-2/h3-14,23-28H,15-16H2,1-2H3/t23?,24?,25?,26?,27-,28+/m1/s1. The Bertz CT molecular complexity index is 1320. The number of carbonyl (C=O) groups excluding carboxylic acids is 2. The van der Waals surface area contributed by atoms with E-state index in [1.807, 2.05) is 0 Å². The van der Waals surface area contributed by atoms with Crippen LogP contribution in [0.4, 0.5) is 0 Å². The van der Waals surface area contributed by atoms with Crippen LogP contribution < -0.4 is 9.47 Å². The summed E-state index contributed by atoms with van der Waals surface area (Å²) in [7, 11) is 3.12. The molecule has 0 radical (unpaired) electrons. The molecule has 0 aliphatic heterocycles. The molecular weight excluding hydrogens is 456 g/mol. The Balaban J connectivity index is 1.30. The Morgan fingerprint density at radius 2 is 1.28 bits per heavy atom. The molecule has 4 unspecified atom stereocenters. The van der Waals surface area contributed by atoms with Gasteiger partial charge in [-0.05, 0) is 72.2 Å². The fraction of sp³-hybridized carbons (Fsp3) is 0.333. The van der Waals surface area contributed by atoms with Gasteiger partial charge in [-0.2, -0.15) is 0 Å². The van der Waals surface area contributed by atoms with E-state index in [0.29, 0.717) is 34.5 Å². The number of carbonyl (C=O) groups is 2. The average molecular weight is 485 g/mol. The molecule has 3 aromatic rings. The molecule has 36 heavy (non-hydrogen) atoms. The number of hydrogen-bond donors (Lipinski definition) is 0. The molecule has 6 atom stereocenters. The average Bonchev–Trinajstić information content (AvgIpc) is 3.58. The minimum Gasteiger partial charge on any atom is -0.497 e. The summed E-state index contributed by atoms with van der Waals surface area (Å²) in [5, 5.41) is 0. The molecular formula is C30H28O6. The highest BCUT2D eigenvalue weighted by atomic mass is 16.6. The van der Waals surface area contributed by atoms with Crippen molar-refractivity contribution in [3.8, 4) is 11.5 Å². The summed E-state index contributed by atoms with van der Waals surface area (Å²) in [6.45, 7) is 0. The van der Waals surface area contributed by atoms with Crippen LogP contribution in [0.25, 0.3) is 0 Å². The van der Waals surface area contributed by atoms with Crippen LogP contribution in [-0.4, -0.2) is 38.4 Å². The van der Waals surface area contributed by atoms with Crippen LogP contribution >= 0.6 is 0 Å². The lowest BCUT2D eigenvalue weighted by Crippen LogP contribution is -2.45. The van der Waals surface area contributed by atoms with E-state index in [-0.39, 0.29) is 11.8 Å². The number of benzene rings is 3. The second-order valence-corrected chi connectivity index (χ2v) is 9.86. The maximum absolute atomic E-state index is 13.2. The van der Waals surface area contributed by atoms with Crippen molar-refractivity contribution >= 4 is 11.9 Å². The Kier molecular flexibility index (Phi) is 5.67. The van der Waals surface area contributed by atoms with Gasteiger partial charge in [0, 0.05) is 11.8 Å². The quantitative estimate of drug-likeness (QED) is 0.456. The van der Waals surface area contributed by atoms with Crippen molar-refractivity contribution in [2.24, 2.45) is 17.8 Å². The van der Waals surface area contributed by atoms with Gasteiger partial charge in [-0.1, -0.05) is 36.4 Å².